The third-order valence-electron chi connectivity index (χ3n) is 4.39. The molecule has 0 spiro atoms. The number of benzene rings is 1. The van der Waals surface area contributed by atoms with E-state index in [0.29, 0.717) is 43.1 Å². The van der Waals surface area contributed by atoms with Crippen molar-refractivity contribution in [1.29, 1.82) is 0 Å². The summed E-state index contributed by atoms with van der Waals surface area (Å²) in [6.45, 7) is 8.06. The van der Waals surface area contributed by atoms with Gasteiger partial charge in [0.05, 0.1) is 12.3 Å². The predicted octanol–water partition coefficient (Wildman–Crippen LogP) is 3.64. The molecule has 0 aliphatic carbocycles. The average molecular weight is 444 g/mol. The largest absolute Gasteiger partial charge is 0.492 e. The van der Waals surface area contributed by atoms with Gasteiger partial charge in [-0.2, -0.15) is 4.31 Å². The van der Waals surface area contributed by atoms with E-state index in [1.54, 1.807) is 39.8 Å². The van der Waals surface area contributed by atoms with Crippen LogP contribution in [0.3, 0.4) is 0 Å². The lowest BCUT2D eigenvalue weighted by molar-refractivity contribution is -0.116. The van der Waals surface area contributed by atoms with E-state index < -0.39 is 10.0 Å². The van der Waals surface area contributed by atoms with Crippen molar-refractivity contribution in [3.8, 4) is 5.75 Å². The quantitative estimate of drug-likeness (QED) is 0.601. The van der Waals surface area contributed by atoms with E-state index in [1.807, 2.05) is 0 Å². The van der Waals surface area contributed by atoms with Crippen molar-refractivity contribution < 1.29 is 22.5 Å². The zero-order chi connectivity index (χ0) is 21.6. The SMILES string of the molecule is CCOc1ccc(NC(=O)CCc2c(C)noc2Cl)cc1S(=O)(=O)N(CC)CC. The van der Waals surface area contributed by atoms with Crippen molar-refractivity contribution in [2.24, 2.45) is 0 Å². The fourth-order valence-corrected chi connectivity index (χ4v) is 4.75. The smallest absolute Gasteiger partial charge is 0.246 e. The van der Waals surface area contributed by atoms with Gasteiger partial charge in [-0.15, -0.1) is 0 Å². The Labute approximate surface area is 176 Å². The number of ether oxygens (including phenoxy) is 1. The van der Waals surface area contributed by atoms with Gasteiger partial charge >= 0.3 is 0 Å². The molecule has 1 N–H and O–H groups in total. The van der Waals surface area contributed by atoms with Gasteiger partial charge in [0.2, 0.25) is 21.1 Å². The number of halogens is 1. The topological polar surface area (TPSA) is 102 Å². The van der Waals surface area contributed by atoms with Crippen molar-refractivity contribution >= 4 is 33.2 Å². The van der Waals surface area contributed by atoms with E-state index in [1.165, 1.54) is 10.4 Å². The van der Waals surface area contributed by atoms with Crippen LogP contribution < -0.4 is 10.1 Å². The number of nitrogens with zero attached hydrogens (tertiary/aromatic N) is 2. The van der Waals surface area contributed by atoms with Gasteiger partial charge in [0.15, 0.2) is 0 Å². The van der Waals surface area contributed by atoms with Crippen molar-refractivity contribution in [2.45, 2.75) is 45.4 Å². The van der Waals surface area contributed by atoms with Crippen LogP contribution in [0.2, 0.25) is 5.22 Å². The molecule has 2 rings (SSSR count). The van der Waals surface area contributed by atoms with Crippen molar-refractivity contribution in [1.82, 2.24) is 9.46 Å². The Hall–Kier alpha value is -2.10. The molecule has 0 fully saturated rings. The summed E-state index contributed by atoms with van der Waals surface area (Å²) in [6.07, 6.45) is 0.509. The Morgan fingerprint density at radius 3 is 2.52 bits per heavy atom. The van der Waals surface area contributed by atoms with E-state index in [4.69, 9.17) is 20.9 Å². The summed E-state index contributed by atoms with van der Waals surface area (Å²) in [6, 6.07) is 4.59. The van der Waals surface area contributed by atoms with Crippen molar-refractivity contribution in [2.75, 3.05) is 25.0 Å². The van der Waals surface area contributed by atoms with Crippen LogP contribution in [0.5, 0.6) is 5.75 Å². The van der Waals surface area contributed by atoms with Gasteiger partial charge in [-0.1, -0.05) is 19.0 Å². The molecule has 8 nitrogen and oxygen atoms in total. The summed E-state index contributed by atoms with van der Waals surface area (Å²) >= 11 is 5.92. The highest BCUT2D eigenvalue weighted by Crippen LogP contribution is 2.30. The lowest BCUT2D eigenvalue weighted by Crippen LogP contribution is -2.31. The van der Waals surface area contributed by atoms with Crippen LogP contribution >= 0.6 is 11.6 Å². The van der Waals surface area contributed by atoms with Crippen molar-refractivity contribution in [3.05, 3.63) is 34.7 Å². The molecule has 1 amide bonds. The minimum atomic E-state index is -3.75. The first kappa shape index (κ1) is 23.2. The molecule has 2 aromatic rings. The Kier molecular flexibility index (Phi) is 8.06. The molecular formula is C19H26ClN3O5S. The van der Waals surface area contributed by atoms with Gasteiger partial charge in [-0.25, -0.2) is 8.42 Å². The van der Waals surface area contributed by atoms with Crippen LogP contribution in [-0.2, 0) is 21.2 Å². The average Bonchev–Trinajstić information content (AvgIpc) is 3.00. The third-order valence-corrected chi connectivity index (χ3v) is 6.76. The lowest BCUT2D eigenvalue weighted by Gasteiger charge is -2.21. The predicted molar refractivity (Wildman–Crippen MR) is 111 cm³/mol. The summed E-state index contributed by atoms with van der Waals surface area (Å²) < 4.78 is 37.7. The van der Waals surface area contributed by atoms with Gasteiger partial charge in [0.25, 0.3) is 0 Å². The van der Waals surface area contributed by atoms with Crippen LogP contribution in [0.4, 0.5) is 5.69 Å². The molecule has 160 valence electrons. The number of carbonyl (C=O) groups excluding carboxylic acids is 1. The molecule has 0 aliphatic heterocycles. The third kappa shape index (κ3) is 5.49. The van der Waals surface area contributed by atoms with Crippen LogP contribution in [-0.4, -0.2) is 43.5 Å². The Balaban J connectivity index is 2.22. The molecule has 0 atom stereocenters. The standard InChI is InChI=1S/C19H26ClN3O5S/c1-5-23(6-2)29(25,26)17-12-14(8-10-16(17)27-7-3)21-18(24)11-9-15-13(4)22-28-19(15)20/h8,10,12H,5-7,9,11H2,1-4H3,(H,21,24). The highest BCUT2D eigenvalue weighted by molar-refractivity contribution is 7.89. The van der Waals surface area contributed by atoms with Gasteiger partial charge in [0, 0.05) is 30.8 Å². The normalized spacial score (nSPS) is 11.7. The van der Waals surface area contributed by atoms with Crippen LogP contribution in [0.15, 0.2) is 27.6 Å². The zero-order valence-corrected chi connectivity index (χ0v) is 18.6. The summed E-state index contributed by atoms with van der Waals surface area (Å²) in [5.74, 6) is -0.0266. The van der Waals surface area contributed by atoms with E-state index in [-0.39, 0.29) is 28.2 Å². The molecule has 0 saturated carbocycles. The first-order valence-electron chi connectivity index (χ1n) is 9.42. The first-order chi connectivity index (χ1) is 13.7. The lowest BCUT2D eigenvalue weighted by atomic mass is 10.1. The fourth-order valence-electron chi connectivity index (χ4n) is 2.87. The van der Waals surface area contributed by atoms with Gasteiger partial charge in [-0.3, -0.25) is 4.79 Å². The number of anilines is 1. The minimum Gasteiger partial charge on any atom is -0.492 e. The minimum absolute atomic E-state index is 0.0266. The Morgan fingerprint density at radius 2 is 1.97 bits per heavy atom. The van der Waals surface area contributed by atoms with Crippen LogP contribution in [0.1, 0.15) is 38.4 Å². The monoisotopic (exact) mass is 443 g/mol. The Bertz CT molecular complexity index is 935. The summed E-state index contributed by atoms with van der Waals surface area (Å²) in [5.41, 5.74) is 1.69. The number of rotatable bonds is 10. The van der Waals surface area contributed by atoms with E-state index >= 15 is 0 Å². The highest BCUT2D eigenvalue weighted by atomic mass is 35.5. The molecule has 10 heteroatoms. The van der Waals surface area contributed by atoms with Gasteiger partial charge < -0.3 is 14.6 Å². The second kappa shape index (κ2) is 10.1. The number of hydrogen-bond donors (Lipinski definition) is 1. The van der Waals surface area contributed by atoms with E-state index in [9.17, 15) is 13.2 Å². The van der Waals surface area contributed by atoms with E-state index in [0.717, 1.165) is 0 Å². The first-order valence-corrected chi connectivity index (χ1v) is 11.2. The van der Waals surface area contributed by atoms with E-state index in [2.05, 4.69) is 10.5 Å². The summed E-state index contributed by atoms with van der Waals surface area (Å²) in [7, 11) is -3.75. The molecule has 0 bridgehead atoms. The Morgan fingerprint density at radius 1 is 1.28 bits per heavy atom. The summed E-state index contributed by atoms with van der Waals surface area (Å²) in [4.78, 5) is 12.4. The maximum Gasteiger partial charge on any atom is 0.246 e. The van der Waals surface area contributed by atoms with Gasteiger partial charge in [0.1, 0.15) is 10.6 Å². The fraction of sp³-hybridized carbons (Fsp3) is 0.474. The number of sulfonamides is 1. The van der Waals surface area contributed by atoms with Gasteiger partial charge in [-0.05, 0) is 50.1 Å². The molecule has 1 aromatic heterocycles. The highest BCUT2D eigenvalue weighted by Gasteiger charge is 2.26. The molecule has 1 aromatic carbocycles. The number of aryl methyl sites for hydroxylation is 1. The summed E-state index contributed by atoms with van der Waals surface area (Å²) in [5, 5.41) is 6.65. The number of aromatic nitrogens is 1. The maximum atomic E-state index is 13.0. The number of amides is 1. The molecule has 0 unspecified atom stereocenters. The molecule has 1 heterocycles. The molecular weight excluding hydrogens is 418 g/mol. The molecule has 29 heavy (non-hydrogen) atoms. The van der Waals surface area contributed by atoms with Crippen molar-refractivity contribution in [3.63, 3.8) is 0 Å². The maximum absolute atomic E-state index is 13.0. The second-order valence-corrected chi connectivity index (χ2v) is 8.50. The number of hydrogen-bond acceptors (Lipinski definition) is 6. The number of nitrogens with one attached hydrogen (secondary N) is 1. The van der Waals surface area contributed by atoms with Crippen LogP contribution in [0.25, 0.3) is 0 Å². The zero-order valence-electron chi connectivity index (χ0n) is 17.0. The molecule has 0 aliphatic rings. The number of carbonyl (C=O) groups is 1. The van der Waals surface area contributed by atoms with Crippen LogP contribution in [0, 0.1) is 6.92 Å². The molecule has 0 saturated heterocycles. The second-order valence-electron chi connectivity index (χ2n) is 6.25. The molecule has 0 radical (unpaired) electrons.